The average molecular weight is 507 g/mol. The van der Waals surface area contributed by atoms with Crippen molar-refractivity contribution >= 4 is 45.2 Å². The Morgan fingerprint density at radius 2 is 2.17 bits per heavy atom. The molecule has 1 aliphatic carbocycles. The Kier molecular flexibility index (Phi) is 6.58. The van der Waals surface area contributed by atoms with E-state index in [4.69, 9.17) is 9.72 Å². The maximum Gasteiger partial charge on any atom is 0.268 e. The van der Waals surface area contributed by atoms with Gasteiger partial charge in [0, 0.05) is 15.8 Å². The number of rotatable bonds is 6. The van der Waals surface area contributed by atoms with Gasteiger partial charge in [0.2, 0.25) is 5.91 Å². The number of benzene rings is 1. The van der Waals surface area contributed by atoms with Crippen LogP contribution in [0.3, 0.4) is 0 Å². The molecule has 0 fully saturated rings. The van der Waals surface area contributed by atoms with Gasteiger partial charge in [0.25, 0.3) is 5.91 Å². The van der Waals surface area contributed by atoms with E-state index in [1.807, 2.05) is 23.6 Å². The van der Waals surface area contributed by atoms with Gasteiger partial charge < -0.3 is 10.1 Å². The molecule has 5 rings (SSSR count). The van der Waals surface area contributed by atoms with E-state index < -0.39 is 6.10 Å². The lowest BCUT2D eigenvalue weighted by Crippen LogP contribution is -2.47. The zero-order valence-corrected chi connectivity index (χ0v) is 21.4. The van der Waals surface area contributed by atoms with Crippen LogP contribution in [0.4, 0.5) is 10.7 Å². The summed E-state index contributed by atoms with van der Waals surface area (Å²) in [6, 6.07) is 7.89. The third-order valence-corrected chi connectivity index (χ3v) is 8.43. The molecular formula is C26H26N4O3S2. The van der Waals surface area contributed by atoms with Gasteiger partial charge in [-0.25, -0.2) is 4.98 Å². The van der Waals surface area contributed by atoms with Crippen LogP contribution in [-0.4, -0.2) is 29.4 Å². The van der Waals surface area contributed by atoms with Crippen molar-refractivity contribution < 1.29 is 14.3 Å². The van der Waals surface area contributed by atoms with Crippen molar-refractivity contribution in [2.45, 2.75) is 58.5 Å². The third-order valence-electron chi connectivity index (χ3n) is 6.32. The molecule has 9 heteroatoms. The number of amides is 2. The van der Waals surface area contributed by atoms with Crippen molar-refractivity contribution in [3.05, 3.63) is 44.6 Å². The van der Waals surface area contributed by atoms with E-state index in [1.165, 1.54) is 21.1 Å². The summed E-state index contributed by atoms with van der Waals surface area (Å²) >= 11 is 3.10. The number of aromatic nitrogens is 1. The zero-order valence-electron chi connectivity index (χ0n) is 19.7. The number of thiazole rings is 1. The molecule has 0 saturated heterocycles. The standard InChI is InChI=1S/C26H26N4O3S2/c1-3-6-24-28-19(14-34-24)16-9-10-21-20(11-16)30(26(32)15(2)33-21)13-23(31)29-25-18(12-27)17-7-4-5-8-22(17)35-25/h9-11,14-15H,3-8,13H2,1-2H3,(H,29,31). The van der Waals surface area contributed by atoms with Gasteiger partial charge in [-0.3, -0.25) is 14.5 Å². The quantitative estimate of drug-likeness (QED) is 0.488. The topological polar surface area (TPSA) is 95.3 Å². The molecule has 0 saturated carbocycles. The summed E-state index contributed by atoms with van der Waals surface area (Å²) in [6.07, 6.45) is 5.24. The Morgan fingerprint density at radius 3 is 2.97 bits per heavy atom. The van der Waals surface area contributed by atoms with Crippen LogP contribution in [0, 0.1) is 11.3 Å². The van der Waals surface area contributed by atoms with Gasteiger partial charge in [-0.2, -0.15) is 5.26 Å². The molecule has 1 aliphatic heterocycles. The molecule has 1 N–H and O–H groups in total. The highest BCUT2D eigenvalue weighted by molar-refractivity contribution is 7.16. The number of anilines is 2. The van der Waals surface area contributed by atoms with Gasteiger partial charge in [0.05, 0.1) is 22.0 Å². The highest BCUT2D eigenvalue weighted by Gasteiger charge is 2.33. The predicted molar refractivity (Wildman–Crippen MR) is 138 cm³/mol. The molecule has 180 valence electrons. The normalized spacial score (nSPS) is 16.8. The van der Waals surface area contributed by atoms with Crippen LogP contribution in [0.5, 0.6) is 5.75 Å². The molecule has 2 amide bonds. The van der Waals surface area contributed by atoms with E-state index in [1.54, 1.807) is 18.3 Å². The first-order valence-electron chi connectivity index (χ1n) is 11.9. The van der Waals surface area contributed by atoms with E-state index in [2.05, 4.69) is 18.3 Å². The Hall–Kier alpha value is -3.22. The smallest absolute Gasteiger partial charge is 0.268 e. The predicted octanol–water partition coefficient (Wildman–Crippen LogP) is 5.33. The van der Waals surface area contributed by atoms with Gasteiger partial charge >= 0.3 is 0 Å². The summed E-state index contributed by atoms with van der Waals surface area (Å²) < 4.78 is 5.82. The minimum atomic E-state index is -0.694. The molecule has 3 heterocycles. The number of fused-ring (bicyclic) bond motifs is 2. The van der Waals surface area contributed by atoms with Crippen molar-refractivity contribution in [1.82, 2.24) is 4.98 Å². The molecule has 0 bridgehead atoms. The van der Waals surface area contributed by atoms with Gasteiger partial charge in [0.15, 0.2) is 6.10 Å². The van der Waals surface area contributed by atoms with Crippen molar-refractivity contribution in [3.8, 4) is 23.1 Å². The molecule has 2 aliphatic rings. The highest BCUT2D eigenvalue weighted by Crippen LogP contribution is 2.39. The Labute approximate surface area is 212 Å². The number of carbonyl (C=O) groups is 2. The summed E-state index contributed by atoms with van der Waals surface area (Å²) in [4.78, 5) is 33.5. The molecular weight excluding hydrogens is 480 g/mol. The lowest BCUT2D eigenvalue weighted by atomic mass is 9.96. The average Bonchev–Trinajstić information content (AvgIpc) is 3.46. The fourth-order valence-corrected chi connectivity index (χ4v) is 6.75. The van der Waals surface area contributed by atoms with E-state index in [0.717, 1.165) is 60.4 Å². The number of hydrogen-bond acceptors (Lipinski definition) is 7. The second kappa shape index (κ2) is 9.80. The SMILES string of the molecule is CCCc1nc(-c2ccc3c(c2)N(CC(=O)Nc2sc4c(c2C#N)CCCC4)C(=O)C(C)O3)cs1. The highest BCUT2D eigenvalue weighted by atomic mass is 32.1. The number of hydrogen-bond donors (Lipinski definition) is 1. The fraction of sp³-hybridized carbons (Fsp3) is 0.385. The van der Waals surface area contributed by atoms with Crippen LogP contribution in [0.25, 0.3) is 11.3 Å². The molecule has 1 unspecified atom stereocenters. The molecule has 3 aromatic rings. The summed E-state index contributed by atoms with van der Waals surface area (Å²) in [6.45, 7) is 3.65. The van der Waals surface area contributed by atoms with Crippen molar-refractivity contribution in [2.75, 3.05) is 16.8 Å². The van der Waals surface area contributed by atoms with Gasteiger partial charge in [-0.15, -0.1) is 22.7 Å². The summed E-state index contributed by atoms with van der Waals surface area (Å²) in [5, 5.41) is 16.3. The molecule has 1 atom stereocenters. The van der Waals surface area contributed by atoms with E-state index >= 15 is 0 Å². The molecule has 0 spiro atoms. The third kappa shape index (κ3) is 4.56. The minimum Gasteiger partial charge on any atom is -0.479 e. The lowest BCUT2D eigenvalue weighted by Gasteiger charge is -2.32. The van der Waals surface area contributed by atoms with Gasteiger partial charge in [-0.05, 0) is 69.2 Å². The summed E-state index contributed by atoms with van der Waals surface area (Å²) in [7, 11) is 0. The minimum absolute atomic E-state index is 0.158. The number of thiophene rings is 1. The first-order valence-corrected chi connectivity index (χ1v) is 13.6. The zero-order chi connectivity index (χ0) is 24.5. The van der Waals surface area contributed by atoms with Crippen LogP contribution < -0.4 is 15.0 Å². The van der Waals surface area contributed by atoms with Gasteiger partial charge in [-0.1, -0.05) is 6.92 Å². The second-order valence-corrected chi connectivity index (χ2v) is 10.9. The summed E-state index contributed by atoms with van der Waals surface area (Å²) in [5.41, 5.74) is 3.90. The molecule has 0 radical (unpaired) electrons. The molecule has 1 aromatic carbocycles. The Bertz CT molecular complexity index is 1340. The van der Waals surface area contributed by atoms with Crippen LogP contribution in [0.1, 0.15) is 54.1 Å². The number of nitrogens with one attached hydrogen (secondary N) is 1. The monoisotopic (exact) mass is 506 g/mol. The van der Waals surface area contributed by atoms with E-state index in [0.29, 0.717) is 22.0 Å². The lowest BCUT2D eigenvalue weighted by molar-refractivity contribution is -0.127. The molecule has 2 aromatic heterocycles. The molecule has 35 heavy (non-hydrogen) atoms. The van der Waals surface area contributed by atoms with Crippen molar-refractivity contribution in [1.29, 1.82) is 5.26 Å². The van der Waals surface area contributed by atoms with Crippen LogP contribution in [0.2, 0.25) is 0 Å². The number of nitrogens with zero attached hydrogens (tertiary/aromatic N) is 3. The van der Waals surface area contributed by atoms with Crippen LogP contribution in [-0.2, 0) is 28.9 Å². The number of nitriles is 1. The summed E-state index contributed by atoms with van der Waals surface area (Å²) in [5.74, 6) is -0.0551. The van der Waals surface area contributed by atoms with Crippen molar-refractivity contribution in [2.24, 2.45) is 0 Å². The Morgan fingerprint density at radius 1 is 1.34 bits per heavy atom. The van der Waals surface area contributed by atoms with Crippen LogP contribution >= 0.6 is 22.7 Å². The van der Waals surface area contributed by atoms with Gasteiger partial charge in [0.1, 0.15) is 23.4 Å². The number of aryl methyl sites for hydroxylation is 2. The maximum atomic E-state index is 13.1. The first-order chi connectivity index (χ1) is 17.0. The van der Waals surface area contributed by atoms with Crippen LogP contribution in [0.15, 0.2) is 23.6 Å². The largest absolute Gasteiger partial charge is 0.479 e. The second-order valence-electron chi connectivity index (χ2n) is 8.82. The first kappa shape index (κ1) is 23.5. The van der Waals surface area contributed by atoms with E-state index in [-0.39, 0.29) is 18.4 Å². The number of ether oxygens (including phenoxy) is 1. The fourth-order valence-electron chi connectivity index (χ4n) is 4.58. The maximum absolute atomic E-state index is 13.1. The number of carbonyl (C=O) groups excluding carboxylic acids is 2. The Balaban J connectivity index is 1.41. The van der Waals surface area contributed by atoms with Crippen molar-refractivity contribution in [3.63, 3.8) is 0 Å². The van der Waals surface area contributed by atoms with E-state index in [9.17, 15) is 14.9 Å². The molecule has 7 nitrogen and oxygen atoms in total.